The summed E-state index contributed by atoms with van der Waals surface area (Å²) >= 11 is 0. The van der Waals surface area contributed by atoms with Gasteiger partial charge < -0.3 is 0 Å². The van der Waals surface area contributed by atoms with Crippen LogP contribution in [0.4, 0.5) is 0 Å². The molecule has 0 aliphatic carbocycles. The molecule has 0 aromatic carbocycles. The molecular formula is C12H36N5O4P3. The predicted molar refractivity (Wildman–Crippen MR) is 106 cm³/mol. The molecule has 0 fully saturated rings. The van der Waals surface area contributed by atoms with Gasteiger partial charge in [0.1, 0.15) is 0 Å². The summed E-state index contributed by atoms with van der Waals surface area (Å²) in [5, 5.41) is 0. The fourth-order valence-corrected chi connectivity index (χ4v) is 14.1. The summed E-state index contributed by atoms with van der Waals surface area (Å²) in [6.45, 7) is 15.4. The van der Waals surface area contributed by atoms with Gasteiger partial charge in [0.2, 0.25) is 0 Å². The standard InChI is InChI=1S/C12H36N5O4P3/c1-9(2)18-23(19-10(3)4)15-22(13,14)16-24(17-23,20-11(5)6)21-12(7)8/h9-12,15,17,23-24H,13-14H2,1-8H3. The molecule has 0 unspecified atom stereocenters. The van der Waals surface area contributed by atoms with Crippen LogP contribution in [0.2, 0.25) is 0 Å². The van der Waals surface area contributed by atoms with Crippen molar-refractivity contribution in [1.82, 2.24) is 9.72 Å². The molecule has 24 heavy (non-hydrogen) atoms. The van der Waals surface area contributed by atoms with Gasteiger partial charge in [-0.05, 0) is 0 Å². The van der Waals surface area contributed by atoms with Gasteiger partial charge in [0.25, 0.3) is 0 Å². The van der Waals surface area contributed by atoms with E-state index in [0.717, 1.165) is 0 Å². The van der Waals surface area contributed by atoms with Crippen molar-refractivity contribution in [2.75, 3.05) is 0 Å². The van der Waals surface area contributed by atoms with Gasteiger partial charge >= 0.3 is 147 Å². The van der Waals surface area contributed by atoms with E-state index in [4.69, 9.17) is 29.1 Å². The molecule has 9 nitrogen and oxygen atoms in total. The summed E-state index contributed by atoms with van der Waals surface area (Å²) in [5.41, 5.74) is 12.5. The third kappa shape index (κ3) is 7.18. The Kier molecular flexibility index (Phi) is 8.21. The molecule has 0 amide bonds. The number of nitrogens with one attached hydrogen (secondary N) is 2. The first-order chi connectivity index (χ1) is 10.8. The van der Waals surface area contributed by atoms with Crippen LogP contribution in [0.25, 0.3) is 0 Å². The topological polar surface area (TPSA) is 125 Å². The fourth-order valence-electron chi connectivity index (χ4n) is 2.32. The average molecular weight is 407 g/mol. The quantitative estimate of drug-likeness (QED) is 0.450. The molecule has 0 atom stereocenters. The Labute approximate surface area is 147 Å². The summed E-state index contributed by atoms with van der Waals surface area (Å²) in [6, 6.07) is 0. The van der Waals surface area contributed by atoms with Crippen LogP contribution in [-0.2, 0) is 18.1 Å². The van der Waals surface area contributed by atoms with Crippen molar-refractivity contribution in [2.45, 2.75) is 79.8 Å². The minimum absolute atomic E-state index is 0.0988. The molecule has 0 spiro atoms. The zero-order valence-electron chi connectivity index (χ0n) is 16.0. The van der Waals surface area contributed by atoms with E-state index >= 15 is 0 Å². The molecule has 0 radical (unpaired) electrons. The molecule has 1 aliphatic heterocycles. The second-order valence-electron chi connectivity index (χ2n) is 6.94. The van der Waals surface area contributed by atoms with Crippen LogP contribution in [0, 0.1) is 0 Å². The zero-order chi connectivity index (χ0) is 18.8. The summed E-state index contributed by atoms with van der Waals surface area (Å²) < 4.78 is 29.0. The molecule has 6 N–H and O–H groups in total. The van der Waals surface area contributed by atoms with Crippen molar-refractivity contribution in [3.05, 3.63) is 0 Å². The van der Waals surface area contributed by atoms with Crippen molar-refractivity contribution >= 4 is 23.5 Å². The van der Waals surface area contributed by atoms with Crippen LogP contribution in [0.15, 0.2) is 4.52 Å². The van der Waals surface area contributed by atoms with Crippen molar-refractivity contribution in [1.29, 1.82) is 0 Å². The number of nitrogens with two attached hydrogens (primary N) is 2. The van der Waals surface area contributed by atoms with Crippen molar-refractivity contribution in [3.63, 3.8) is 0 Å². The monoisotopic (exact) mass is 407 g/mol. The van der Waals surface area contributed by atoms with E-state index in [2.05, 4.69) is 14.2 Å². The van der Waals surface area contributed by atoms with Crippen molar-refractivity contribution in [2.24, 2.45) is 15.5 Å². The number of nitrogens with zero attached hydrogens (tertiary/aromatic N) is 1. The first-order valence-electron chi connectivity index (χ1n) is 8.29. The van der Waals surface area contributed by atoms with Gasteiger partial charge in [0.15, 0.2) is 0 Å². The number of hydrogen-bond donors (Lipinski definition) is 4. The average Bonchev–Trinajstić information content (AvgIpc) is 2.18. The fraction of sp³-hybridized carbons (Fsp3) is 1.00. The molecule has 148 valence electrons. The molecule has 0 saturated carbocycles. The molecule has 1 heterocycles. The van der Waals surface area contributed by atoms with Gasteiger partial charge in [0.05, 0.1) is 0 Å². The zero-order valence-corrected chi connectivity index (χ0v) is 18.9. The van der Waals surface area contributed by atoms with Gasteiger partial charge in [-0.25, -0.2) is 0 Å². The van der Waals surface area contributed by atoms with Crippen LogP contribution in [0.1, 0.15) is 55.4 Å². The summed E-state index contributed by atoms with van der Waals surface area (Å²) in [5.74, 6) is 0. The molecule has 0 aromatic rings. The van der Waals surface area contributed by atoms with E-state index < -0.39 is 23.5 Å². The first-order valence-corrected chi connectivity index (χ1v) is 13.8. The molecule has 0 aromatic heterocycles. The normalized spacial score (nSPS) is 25.1. The molecule has 0 saturated heterocycles. The van der Waals surface area contributed by atoms with E-state index in [1.807, 2.05) is 55.4 Å². The number of rotatable bonds is 8. The van der Waals surface area contributed by atoms with E-state index in [1.54, 1.807) is 0 Å². The Morgan fingerprint density at radius 1 is 0.750 bits per heavy atom. The van der Waals surface area contributed by atoms with E-state index in [0.29, 0.717) is 0 Å². The maximum absolute atomic E-state index is 6.25. The van der Waals surface area contributed by atoms with E-state index in [1.165, 1.54) is 0 Å². The van der Waals surface area contributed by atoms with Crippen molar-refractivity contribution in [3.8, 4) is 0 Å². The maximum atomic E-state index is 6.25. The van der Waals surface area contributed by atoms with Crippen molar-refractivity contribution < 1.29 is 18.1 Å². The second kappa shape index (κ2) is 8.64. The van der Waals surface area contributed by atoms with Crippen LogP contribution >= 0.6 is 23.5 Å². The SMILES string of the molecule is CC(C)O[PH]1(OC(C)C)N=P(N)(N)N[PH](OC(C)C)(OC(C)C)N1. The molecule has 1 aliphatic rings. The minimum atomic E-state index is -3.29. The predicted octanol–water partition coefficient (Wildman–Crippen LogP) is 3.56. The van der Waals surface area contributed by atoms with Crippen LogP contribution in [0.5, 0.6) is 0 Å². The molecule has 1 rings (SSSR count). The van der Waals surface area contributed by atoms with Crippen LogP contribution in [0.3, 0.4) is 0 Å². The second-order valence-corrected chi connectivity index (χ2v) is 14.5. The summed E-state index contributed by atoms with van der Waals surface area (Å²) in [7, 11) is -9.35. The Hall–Kier alpha value is 0.770. The Bertz CT molecular complexity index is 450. The molecule has 0 bridgehead atoms. The van der Waals surface area contributed by atoms with E-state index in [-0.39, 0.29) is 24.4 Å². The molecular weight excluding hydrogens is 371 g/mol. The number of hydrogen-bond acceptors (Lipinski definition) is 9. The molecule has 12 heteroatoms. The summed E-state index contributed by atoms with van der Waals surface area (Å²) in [6.07, 6.45) is -0.430. The Balaban J connectivity index is 3.37. The van der Waals surface area contributed by atoms with Gasteiger partial charge in [-0.2, -0.15) is 0 Å². The van der Waals surface area contributed by atoms with Gasteiger partial charge in [-0.15, -0.1) is 0 Å². The third-order valence-electron chi connectivity index (χ3n) is 2.54. The van der Waals surface area contributed by atoms with Crippen LogP contribution < -0.4 is 20.7 Å². The summed E-state index contributed by atoms with van der Waals surface area (Å²) in [4.78, 5) is 6.47. The Morgan fingerprint density at radius 2 is 1.12 bits per heavy atom. The van der Waals surface area contributed by atoms with Crippen LogP contribution in [-0.4, -0.2) is 24.4 Å². The third-order valence-corrected chi connectivity index (χ3v) is 13.3. The Morgan fingerprint density at radius 3 is 1.46 bits per heavy atom. The van der Waals surface area contributed by atoms with Gasteiger partial charge in [-0.3, -0.25) is 0 Å². The van der Waals surface area contributed by atoms with Gasteiger partial charge in [-0.1, -0.05) is 0 Å². The van der Waals surface area contributed by atoms with Gasteiger partial charge in [0, 0.05) is 0 Å². The van der Waals surface area contributed by atoms with E-state index in [9.17, 15) is 0 Å². The first kappa shape index (κ1) is 22.8.